The largest absolute Gasteiger partial charge is 0.442 e. The molecule has 0 fully saturated rings. The summed E-state index contributed by atoms with van der Waals surface area (Å²) in [7, 11) is 0. The molecule has 0 saturated heterocycles. The zero-order valence-electron chi connectivity index (χ0n) is 9.44. The zero-order chi connectivity index (χ0) is 13.2. The lowest BCUT2D eigenvalue weighted by atomic mass is 9.99. The summed E-state index contributed by atoms with van der Waals surface area (Å²) in [5, 5.41) is 6.27. The van der Waals surface area contributed by atoms with Gasteiger partial charge in [-0.05, 0) is 18.4 Å². The van der Waals surface area contributed by atoms with E-state index in [1.54, 1.807) is 12.1 Å². The molecule has 1 aliphatic rings. The second-order valence-corrected chi connectivity index (χ2v) is 4.13. The van der Waals surface area contributed by atoms with Crippen LogP contribution in [0, 0.1) is 0 Å². The summed E-state index contributed by atoms with van der Waals surface area (Å²) in [6, 6.07) is 6.03. The Labute approximate surface area is 102 Å². The molecule has 0 aromatic heterocycles. The minimum atomic E-state index is -4.48. The fourth-order valence-electron chi connectivity index (χ4n) is 1.74. The van der Waals surface area contributed by atoms with Gasteiger partial charge in [0.15, 0.2) is 0 Å². The molecule has 3 nitrogen and oxygen atoms in total. The van der Waals surface area contributed by atoms with Crippen LogP contribution in [-0.4, -0.2) is 12.5 Å². The molecule has 0 radical (unpaired) electrons. The van der Waals surface area contributed by atoms with Crippen molar-refractivity contribution < 1.29 is 18.0 Å². The monoisotopic (exact) mass is 256 g/mol. The van der Waals surface area contributed by atoms with Crippen LogP contribution in [0.25, 0.3) is 0 Å². The molecule has 0 bridgehead atoms. The first-order valence-electron chi connectivity index (χ1n) is 5.53. The van der Waals surface area contributed by atoms with Crippen LogP contribution in [0.3, 0.4) is 0 Å². The predicted molar refractivity (Wildman–Crippen MR) is 58.0 cm³/mol. The molecule has 0 atom stereocenters. The average molecular weight is 256 g/mol. The number of halogens is 3. The maximum Gasteiger partial charge on any atom is 0.442 e. The highest BCUT2D eigenvalue weighted by Crippen LogP contribution is 2.52. The van der Waals surface area contributed by atoms with Crippen molar-refractivity contribution in [3.8, 4) is 0 Å². The lowest BCUT2D eigenvalue weighted by Gasteiger charge is -2.14. The minimum absolute atomic E-state index is 0.0362. The Bertz CT molecular complexity index is 459. The van der Waals surface area contributed by atoms with Gasteiger partial charge in [-0.2, -0.15) is 13.2 Å². The van der Waals surface area contributed by atoms with Crippen LogP contribution in [0.4, 0.5) is 13.2 Å². The van der Waals surface area contributed by atoms with Crippen molar-refractivity contribution in [2.24, 2.45) is 10.2 Å². The number of benzene rings is 1. The maximum atomic E-state index is 12.7. The molecule has 1 heterocycles. The highest BCUT2D eigenvalue weighted by atomic mass is 19.4. The van der Waals surface area contributed by atoms with Crippen molar-refractivity contribution in [3.05, 3.63) is 35.4 Å². The van der Waals surface area contributed by atoms with Crippen LogP contribution < -0.4 is 0 Å². The molecule has 1 aromatic rings. The number of nitrogens with zero attached hydrogens (tertiary/aromatic N) is 2. The molecular weight excluding hydrogens is 245 g/mol. The average Bonchev–Trinajstić information content (AvgIpc) is 3.11. The molecule has 96 valence electrons. The normalized spacial score (nSPS) is 16.6. The van der Waals surface area contributed by atoms with Crippen molar-refractivity contribution >= 4 is 6.29 Å². The number of alkyl halides is 3. The van der Waals surface area contributed by atoms with Gasteiger partial charge in [-0.1, -0.05) is 24.3 Å². The van der Waals surface area contributed by atoms with E-state index in [0.717, 1.165) is 11.8 Å². The Hall–Kier alpha value is -1.72. The van der Waals surface area contributed by atoms with E-state index in [4.69, 9.17) is 0 Å². The molecule has 0 spiro atoms. The molecule has 6 heteroatoms. The van der Waals surface area contributed by atoms with Gasteiger partial charge < -0.3 is 4.79 Å². The topological polar surface area (TPSA) is 41.8 Å². The Morgan fingerprint density at radius 2 is 1.78 bits per heavy atom. The molecule has 1 aliphatic heterocycles. The first kappa shape index (κ1) is 12.7. The lowest BCUT2D eigenvalue weighted by molar-refractivity contribution is -0.166. The van der Waals surface area contributed by atoms with E-state index in [1.165, 1.54) is 12.1 Å². The van der Waals surface area contributed by atoms with E-state index >= 15 is 0 Å². The fraction of sp³-hybridized carbons (Fsp3) is 0.417. The Kier molecular flexibility index (Phi) is 3.19. The Balaban J connectivity index is 2.07. The van der Waals surface area contributed by atoms with Gasteiger partial charge in [0, 0.05) is 12.0 Å². The smallest absolute Gasteiger partial charge is 0.303 e. The van der Waals surface area contributed by atoms with E-state index < -0.39 is 11.8 Å². The van der Waals surface area contributed by atoms with Crippen molar-refractivity contribution in [2.75, 3.05) is 0 Å². The number of carbonyl (C=O) groups is 1. The van der Waals surface area contributed by atoms with E-state index in [2.05, 4.69) is 10.2 Å². The molecule has 18 heavy (non-hydrogen) atoms. The van der Waals surface area contributed by atoms with E-state index in [9.17, 15) is 18.0 Å². The first-order valence-corrected chi connectivity index (χ1v) is 5.53. The summed E-state index contributed by atoms with van der Waals surface area (Å²) in [5.74, 6) is 0. The summed E-state index contributed by atoms with van der Waals surface area (Å²) in [6.07, 6.45) is -1.83. The Morgan fingerprint density at radius 3 is 2.22 bits per heavy atom. The predicted octanol–water partition coefficient (Wildman–Crippen LogP) is 3.39. The highest BCUT2D eigenvalue weighted by Gasteiger charge is 2.65. The number of aryl methyl sites for hydroxylation is 1. The number of hydrogen-bond donors (Lipinski definition) is 0. The summed E-state index contributed by atoms with van der Waals surface area (Å²) in [6.45, 7) is 0. The molecule has 1 aromatic carbocycles. The van der Waals surface area contributed by atoms with Crippen LogP contribution >= 0.6 is 0 Å². The summed E-state index contributed by atoms with van der Waals surface area (Å²) < 4.78 is 38.1. The van der Waals surface area contributed by atoms with Crippen molar-refractivity contribution in [1.29, 1.82) is 0 Å². The molecular formula is C12H11F3N2O. The number of unbranched alkanes of at least 4 members (excludes halogenated alkanes) is 1. The first-order chi connectivity index (χ1) is 8.49. The van der Waals surface area contributed by atoms with Crippen LogP contribution in [0.2, 0.25) is 0 Å². The van der Waals surface area contributed by atoms with E-state index in [-0.39, 0.29) is 5.56 Å². The van der Waals surface area contributed by atoms with Gasteiger partial charge in [-0.25, -0.2) is 0 Å². The van der Waals surface area contributed by atoms with E-state index in [0.29, 0.717) is 19.3 Å². The SMILES string of the molecule is O=CCCCc1ccc(C2(C(F)(F)F)N=N2)cc1. The van der Waals surface area contributed by atoms with Gasteiger partial charge in [0.2, 0.25) is 0 Å². The van der Waals surface area contributed by atoms with Crippen LogP contribution in [-0.2, 0) is 16.9 Å². The second-order valence-electron chi connectivity index (χ2n) is 4.13. The third-order valence-electron chi connectivity index (χ3n) is 2.84. The third-order valence-corrected chi connectivity index (χ3v) is 2.84. The molecule has 0 unspecified atom stereocenters. The van der Waals surface area contributed by atoms with Crippen molar-refractivity contribution in [3.63, 3.8) is 0 Å². The number of hydrogen-bond acceptors (Lipinski definition) is 3. The van der Waals surface area contributed by atoms with Crippen molar-refractivity contribution in [2.45, 2.75) is 31.1 Å². The van der Waals surface area contributed by atoms with Gasteiger partial charge >= 0.3 is 11.8 Å². The van der Waals surface area contributed by atoms with E-state index in [1.807, 2.05) is 0 Å². The highest BCUT2D eigenvalue weighted by molar-refractivity contribution is 5.49. The Morgan fingerprint density at radius 1 is 1.17 bits per heavy atom. The molecule has 0 amide bonds. The van der Waals surface area contributed by atoms with Crippen LogP contribution in [0.5, 0.6) is 0 Å². The molecule has 0 N–H and O–H groups in total. The summed E-state index contributed by atoms with van der Waals surface area (Å²) in [5.41, 5.74) is -1.40. The van der Waals surface area contributed by atoms with Gasteiger partial charge in [0.25, 0.3) is 0 Å². The molecule has 0 saturated carbocycles. The fourth-order valence-corrected chi connectivity index (χ4v) is 1.74. The standard InChI is InChI=1S/C12H11F3N2O/c13-12(14,15)11(16-17-11)10-6-4-9(5-7-10)3-1-2-8-18/h4-8H,1-3H2. The minimum Gasteiger partial charge on any atom is -0.303 e. The number of aldehydes is 1. The lowest BCUT2D eigenvalue weighted by Crippen LogP contribution is -2.30. The van der Waals surface area contributed by atoms with Gasteiger partial charge in [0.1, 0.15) is 6.29 Å². The third kappa shape index (κ3) is 2.27. The quantitative estimate of drug-likeness (QED) is 0.588. The summed E-state index contributed by atoms with van der Waals surface area (Å²) in [4.78, 5) is 10.1. The zero-order valence-corrected chi connectivity index (χ0v) is 9.44. The van der Waals surface area contributed by atoms with Crippen molar-refractivity contribution in [1.82, 2.24) is 0 Å². The van der Waals surface area contributed by atoms with Crippen LogP contribution in [0.1, 0.15) is 24.0 Å². The number of rotatable bonds is 5. The maximum absolute atomic E-state index is 12.7. The number of carbonyl (C=O) groups excluding carboxylic acids is 1. The molecule has 2 rings (SSSR count). The van der Waals surface area contributed by atoms with Crippen LogP contribution in [0.15, 0.2) is 34.5 Å². The molecule has 0 aliphatic carbocycles. The summed E-state index contributed by atoms with van der Waals surface area (Å²) >= 11 is 0. The van der Waals surface area contributed by atoms with Gasteiger partial charge in [0.05, 0.1) is 0 Å². The van der Waals surface area contributed by atoms with Gasteiger partial charge in [-0.15, -0.1) is 10.2 Å². The van der Waals surface area contributed by atoms with Gasteiger partial charge in [-0.3, -0.25) is 0 Å². The second kappa shape index (κ2) is 4.51.